The summed E-state index contributed by atoms with van der Waals surface area (Å²) in [6, 6.07) is 9.84. The number of hydrogen-bond acceptors (Lipinski definition) is 4. The number of hydrogen-bond donors (Lipinski definition) is 1. The molecule has 5 nitrogen and oxygen atoms in total. The Morgan fingerprint density at radius 1 is 1.33 bits per heavy atom. The zero-order chi connectivity index (χ0) is 15.2. The minimum Gasteiger partial charge on any atom is -0.309 e. The molecule has 1 aromatic carbocycles. The predicted octanol–water partition coefficient (Wildman–Crippen LogP) is 2.76. The minimum absolute atomic E-state index is 0.220. The summed E-state index contributed by atoms with van der Waals surface area (Å²) in [5.74, 6) is 0. The second-order valence-corrected chi connectivity index (χ2v) is 4.87. The van der Waals surface area contributed by atoms with Crippen LogP contribution in [0.25, 0.3) is 5.69 Å². The second kappa shape index (κ2) is 7.00. The molecule has 0 spiro atoms. The standard InChI is InChI=1S/C16H21N5/c1-4-14(18-6-3)16-15(5-2)21(20-19-16)13-9-7-8-12(10-13)11-17/h7-10,14,18H,4-6H2,1-3H3. The van der Waals surface area contributed by atoms with Crippen molar-refractivity contribution in [2.75, 3.05) is 6.54 Å². The third-order valence-corrected chi connectivity index (χ3v) is 3.54. The van der Waals surface area contributed by atoms with Gasteiger partial charge in [-0.3, -0.25) is 0 Å². The zero-order valence-electron chi connectivity index (χ0n) is 12.8. The molecule has 0 aliphatic heterocycles. The fourth-order valence-electron chi connectivity index (χ4n) is 2.51. The van der Waals surface area contributed by atoms with E-state index in [1.807, 2.05) is 22.9 Å². The van der Waals surface area contributed by atoms with Crippen molar-refractivity contribution < 1.29 is 0 Å². The highest BCUT2D eigenvalue weighted by Crippen LogP contribution is 2.22. The van der Waals surface area contributed by atoms with E-state index in [2.05, 4.69) is 42.5 Å². The van der Waals surface area contributed by atoms with Gasteiger partial charge in [-0.15, -0.1) is 5.10 Å². The topological polar surface area (TPSA) is 66.5 Å². The second-order valence-electron chi connectivity index (χ2n) is 4.87. The van der Waals surface area contributed by atoms with E-state index in [1.165, 1.54) is 0 Å². The normalized spacial score (nSPS) is 12.1. The molecule has 0 aliphatic carbocycles. The van der Waals surface area contributed by atoms with Gasteiger partial charge in [0, 0.05) is 0 Å². The van der Waals surface area contributed by atoms with Crippen molar-refractivity contribution in [1.82, 2.24) is 20.3 Å². The molecular weight excluding hydrogens is 262 g/mol. The number of benzene rings is 1. The molecule has 21 heavy (non-hydrogen) atoms. The van der Waals surface area contributed by atoms with Crippen LogP contribution in [0.5, 0.6) is 0 Å². The molecule has 2 rings (SSSR count). The van der Waals surface area contributed by atoms with Gasteiger partial charge < -0.3 is 5.32 Å². The molecule has 1 unspecified atom stereocenters. The van der Waals surface area contributed by atoms with E-state index in [0.717, 1.165) is 36.5 Å². The molecule has 1 heterocycles. The molecule has 0 saturated heterocycles. The average Bonchev–Trinajstić information content (AvgIpc) is 2.96. The van der Waals surface area contributed by atoms with Crippen LogP contribution in [-0.4, -0.2) is 21.5 Å². The third kappa shape index (κ3) is 3.11. The van der Waals surface area contributed by atoms with Gasteiger partial charge >= 0.3 is 0 Å². The highest BCUT2D eigenvalue weighted by atomic mass is 15.4. The quantitative estimate of drug-likeness (QED) is 0.885. The lowest BCUT2D eigenvalue weighted by atomic mass is 10.1. The van der Waals surface area contributed by atoms with Gasteiger partial charge in [-0.2, -0.15) is 5.26 Å². The summed E-state index contributed by atoms with van der Waals surface area (Å²) < 4.78 is 1.84. The number of aromatic nitrogens is 3. The lowest BCUT2D eigenvalue weighted by molar-refractivity contribution is 0.520. The van der Waals surface area contributed by atoms with Crippen molar-refractivity contribution in [3.63, 3.8) is 0 Å². The molecule has 2 aromatic rings. The Balaban J connectivity index is 2.46. The van der Waals surface area contributed by atoms with Gasteiger partial charge in [-0.05, 0) is 37.6 Å². The molecule has 0 aliphatic rings. The summed E-state index contributed by atoms with van der Waals surface area (Å²) in [5.41, 5.74) is 3.61. The Morgan fingerprint density at radius 3 is 2.76 bits per heavy atom. The lowest BCUT2D eigenvalue weighted by Crippen LogP contribution is -2.21. The minimum atomic E-state index is 0.220. The Hall–Kier alpha value is -2.19. The molecule has 0 radical (unpaired) electrons. The first-order valence-corrected chi connectivity index (χ1v) is 7.43. The van der Waals surface area contributed by atoms with E-state index in [9.17, 15) is 0 Å². The zero-order valence-corrected chi connectivity index (χ0v) is 12.8. The summed E-state index contributed by atoms with van der Waals surface area (Å²) in [4.78, 5) is 0. The van der Waals surface area contributed by atoms with E-state index >= 15 is 0 Å². The molecule has 5 heteroatoms. The van der Waals surface area contributed by atoms with Crippen molar-refractivity contribution in [2.24, 2.45) is 0 Å². The van der Waals surface area contributed by atoms with Crippen molar-refractivity contribution in [2.45, 2.75) is 39.7 Å². The van der Waals surface area contributed by atoms with Crippen LogP contribution >= 0.6 is 0 Å². The molecule has 1 aromatic heterocycles. The molecule has 1 N–H and O–H groups in total. The van der Waals surface area contributed by atoms with Crippen LogP contribution in [0, 0.1) is 11.3 Å². The van der Waals surface area contributed by atoms with Gasteiger partial charge in [-0.25, -0.2) is 4.68 Å². The van der Waals surface area contributed by atoms with Crippen LogP contribution in [-0.2, 0) is 6.42 Å². The largest absolute Gasteiger partial charge is 0.309 e. The monoisotopic (exact) mass is 283 g/mol. The summed E-state index contributed by atoms with van der Waals surface area (Å²) in [5, 5.41) is 21.2. The lowest BCUT2D eigenvalue weighted by Gasteiger charge is -2.15. The van der Waals surface area contributed by atoms with Gasteiger partial charge in [0.25, 0.3) is 0 Å². The number of rotatable bonds is 6. The van der Waals surface area contributed by atoms with E-state index in [4.69, 9.17) is 5.26 Å². The van der Waals surface area contributed by atoms with Gasteiger partial charge in [0.05, 0.1) is 29.1 Å². The average molecular weight is 283 g/mol. The molecule has 110 valence electrons. The smallest absolute Gasteiger partial charge is 0.103 e. The summed E-state index contributed by atoms with van der Waals surface area (Å²) >= 11 is 0. The predicted molar refractivity (Wildman–Crippen MR) is 82.2 cm³/mol. The van der Waals surface area contributed by atoms with Crippen molar-refractivity contribution in [1.29, 1.82) is 5.26 Å². The van der Waals surface area contributed by atoms with Crippen LogP contribution < -0.4 is 5.32 Å². The van der Waals surface area contributed by atoms with Gasteiger partial charge in [0.15, 0.2) is 0 Å². The maximum atomic E-state index is 9.03. The maximum Gasteiger partial charge on any atom is 0.103 e. The first-order chi connectivity index (χ1) is 10.2. The third-order valence-electron chi connectivity index (χ3n) is 3.54. The van der Waals surface area contributed by atoms with Crippen LogP contribution in [0.3, 0.4) is 0 Å². The number of nitrogens with one attached hydrogen (secondary N) is 1. The Labute approximate surface area is 125 Å². The first-order valence-electron chi connectivity index (χ1n) is 7.43. The van der Waals surface area contributed by atoms with Gasteiger partial charge in [0.1, 0.15) is 5.69 Å². The molecule has 0 saturated carbocycles. The fraction of sp³-hybridized carbons (Fsp3) is 0.438. The van der Waals surface area contributed by atoms with E-state index in [1.54, 1.807) is 6.07 Å². The van der Waals surface area contributed by atoms with Gasteiger partial charge in [-0.1, -0.05) is 32.1 Å². The molecule has 0 fully saturated rings. The Kier molecular flexibility index (Phi) is 5.07. The SMILES string of the molecule is CCNC(CC)c1nnn(-c2cccc(C#N)c2)c1CC. The van der Waals surface area contributed by atoms with Crippen LogP contribution in [0.15, 0.2) is 24.3 Å². The van der Waals surface area contributed by atoms with E-state index in [0.29, 0.717) is 5.56 Å². The summed E-state index contributed by atoms with van der Waals surface area (Å²) in [6.45, 7) is 7.24. The first kappa shape index (κ1) is 15.2. The Bertz CT molecular complexity index is 638. The van der Waals surface area contributed by atoms with Crippen LogP contribution in [0.4, 0.5) is 0 Å². The van der Waals surface area contributed by atoms with Crippen molar-refractivity contribution in [3.8, 4) is 11.8 Å². The summed E-state index contributed by atoms with van der Waals surface area (Å²) in [7, 11) is 0. The molecule has 0 amide bonds. The number of nitriles is 1. The van der Waals surface area contributed by atoms with E-state index in [-0.39, 0.29) is 6.04 Å². The Morgan fingerprint density at radius 2 is 2.14 bits per heavy atom. The molecular formula is C16H21N5. The highest BCUT2D eigenvalue weighted by Gasteiger charge is 2.19. The van der Waals surface area contributed by atoms with Crippen molar-refractivity contribution >= 4 is 0 Å². The maximum absolute atomic E-state index is 9.03. The van der Waals surface area contributed by atoms with Gasteiger partial charge in [0.2, 0.25) is 0 Å². The van der Waals surface area contributed by atoms with Crippen molar-refractivity contribution in [3.05, 3.63) is 41.2 Å². The summed E-state index contributed by atoms with van der Waals surface area (Å²) in [6.07, 6.45) is 1.82. The van der Waals surface area contributed by atoms with Crippen LogP contribution in [0.2, 0.25) is 0 Å². The fourth-order valence-corrected chi connectivity index (χ4v) is 2.51. The molecule has 0 bridgehead atoms. The molecule has 1 atom stereocenters. The van der Waals surface area contributed by atoms with E-state index < -0.39 is 0 Å². The number of nitrogens with zero attached hydrogens (tertiary/aromatic N) is 4. The van der Waals surface area contributed by atoms with Crippen LogP contribution in [0.1, 0.15) is 50.2 Å². The highest BCUT2D eigenvalue weighted by molar-refractivity contribution is 5.42.